The molecule has 2 heterocycles. The Labute approximate surface area is 166 Å². The van der Waals surface area contributed by atoms with Gasteiger partial charge in [-0.3, -0.25) is 14.4 Å². The Bertz CT molecular complexity index is 756. The van der Waals surface area contributed by atoms with E-state index in [0.717, 1.165) is 25.0 Å². The summed E-state index contributed by atoms with van der Waals surface area (Å²) in [5.41, 5.74) is -0.608. The number of carbonyl (C=O) groups is 3. The molecular weight excluding hydrogens is 387 g/mol. The maximum Gasteiger partial charge on any atom is 0.416 e. The van der Waals surface area contributed by atoms with E-state index in [1.807, 2.05) is 0 Å². The first kappa shape index (κ1) is 21.1. The smallest absolute Gasteiger partial charge is 0.354 e. The van der Waals surface area contributed by atoms with Crippen molar-refractivity contribution in [3.8, 4) is 0 Å². The highest BCUT2D eigenvalue weighted by atomic mass is 19.4. The molecule has 1 unspecified atom stereocenters. The minimum atomic E-state index is -4.44. The average molecular weight is 411 g/mol. The van der Waals surface area contributed by atoms with Gasteiger partial charge in [0.1, 0.15) is 6.04 Å². The van der Waals surface area contributed by atoms with Gasteiger partial charge in [-0.25, -0.2) is 0 Å². The number of nitrogens with zero attached hydrogens (tertiary/aromatic N) is 1. The molecule has 29 heavy (non-hydrogen) atoms. The number of carbonyl (C=O) groups excluding carboxylic acids is 3. The summed E-state index contributed by atoms with van der Waals surface area (Å²) in [4.78, 5) is 38.5. The van der Waals surface area contributed by atoms with Gasteiger partial charge in [0.15, 0.2) is 0 Å². The van der Waals surface area contributed by atoms with Crippen LogP contribution in [0.4, 0.5) is 13.2 Å². The molecule has 0 saturated carbocycles. The normalized spacial score (nSPS) is 21.3. The second-order valence-electron chi connectivity index (χ2n) is 7.49. The molecule has 9 heteroatoms. The van der Waals surface area contributed by atoms with Crippen LogP contribution >= 0.6 is 0 Å². The van der Waals surface area contributed by atoms with Crippen LogP contribution in [0.1, 0.15) is 48.0 Å². The minimum Gasteiger partial charge on any atom is -0.354 e. The third-order valence-electron chi connectivity index (χ3n) is 5.46. The number of rotatable bonds is 3. The molecule has 1 aromatic carbocycles. The van der Waals surface area contributed by atoms with Crippen molar-refractivity contribution in [1.29, 1.82) is 0 Å². The van der Waals surface area contributed by atoms with Crippen molar-refractivity contribution in [3.63, 3.8) is 0 Å². The first-order valence-corrected chi connectivity index (χ1v) is 9.80. The van der Waals surface area contributed by atoms with E-state index in [-0.39, 0.29) is 29.2 Å². The number of alkyl halides is 3. The zero-order chi connectivity index (χ0) is 21.0. The van der Waals surface area contributed by atoms with Gasteiger partial charge in [0.25, 0.3) is 5.91 Å². The van der Waals surface area contributed by atoms with Crippen molar-refractivity contribution in [1.82, 2.24) is 15.5 Å². The van der Waals surface area contributed by atoms with Gasteiger partial charge in [-0.15, -0.1) is 0 Å². The summed E-state index contributed by atoms with van der Waals surface area (Å²) in [6.45, 7) is 1.30. The van der Waals surface area contributed by atoms with Crippen molar-refractivity contribution in [2.45, 2.75) is 44.3 Å². The number of piperidine rings is 1. The molecule has 3 amide bonds. The Morgan fingerprint density at radius 3 is 2.31 bits per heavy atom. The molecule has 2 aliphatic heterocycles. The molecular formula is C20H24F3N3O3. The summed E-state index contributed by atoms with van der Waals surface area (Å²) in [5, 5.41) is 5.59. The van der Waals surface area contributed by atoms with Crippen molar-refractivity contribution in [2.75, 3.05) is 19.6 Å². The van der Waals surface area contributed by atoms with Crippen LogP contribution in [0.5, 0.6) is 0 Å². The van der Waals surface area contributed by atoms with E-state index in [1.54, 1.807) is 4.90 Å². The van der Waals surface area contributed by atoms with Crippen molar-refractivity contribution >= 4 is 17.7 Å². The predicted molar refractivity (Wildman–Crippen MR) is 98.9 cm³/mol. The molecule has 6 nitrogen and oxygen atoms in total. The third kappa shape index (κ3) is 5.27. The Morgan fingerprint density at radius 2 is 1.69 bits per heavy atom. The largest absolute Gasteiger partial charge is 0.416 e. The molecule has 2 saturated heterocycles. The molecule has 0 radical (unpaired) electrons. The molecule has 0 aliphatic carbocycles. The molecule has 2 aliphatic rings. The molecule has 2 N–H and O–H groups in total. The number of nitrogens with one attached hydrogen (secondary N) is 2. The zero-order valence-electron chi connectivity index (χ0n) is 15.9. The number of halogens is 3. The lowest BCUT2D eigenvalue weighted by molar-refractivity contribution is -0.137. The zero-order valence-corrected chi connectivity index (χ0v) is 15.9. The lowest BCUT2D eigenvalue weighted by atomic mass is 9.94. The predicted octanol–water partition coefficient (Wildman–Crippen LogP) is 2.34. The second-order valence-corrected chi connectivity index (χ2v) is 7.49. The Kier molecular flexibility index (Phi) is 6.44. The summed E-state index contributed by atoms with van der Waals surface area (Å²) in [6.07, 6.45) is -1.17. The first-order valence-electron chi connectivity index (χ1n) is 9.80. The summed E-state index contributed by atoms with van der Waals surface area (Å²) < 4.78 is 38.0. The summed E-state index contributed by atoms with van der Waals surface area (Å²) in [7, 11) is 0. The number of benzene rings is 1. The SMILES string of the molecule is O=C(NC1CCCCNC1=O)C1CCN(C(=O)c2ccc(C(F)(F)F)cc2)CC1. The van der Waals surface area contributed by atoms with Crippen LogP contribution in [0.2, 0.25) is 0 Å². The van der Waals surface area contributed by atoms with Crippen LogP contribution < -0.4 is 10.6 Å². The summed E-state index contributed by atoms with van der Waals surface area (Å²) in [6, 6.07) is 3.62. The maximum atomic E-state index is 12.7. The quantitative estimate of drug-likeness (QED) is 0.802. The van der Waals surface area contributed by atoms with Gasteiger partial charge in [-0.2, -0.15) is 13.2 Å². The maximum absolute atomic E-state index is 12.7. The highest BCUT2D eigenvalue weighted by Crippen LogP contribution is 2.29. The highest BCUT2D eigenvalue weighted by Gasteiger charge is 2.32. The van der Waals surface area contributed by atoms with Crippen LogP contribution in [-0.4, -0.2) is 48.3 Å². The van der Waals surface area contributed by atoms with Gasteiger partial charge in [0.05, 0.1) is 5.56 Å². The van der Waals surface area contributed by atoms with E-state index in [4.69, 9.17) is 0 Å². The van der Waals surface area contributed by atoms with Crippen LogP contribution in [0, 0.1) is 5.92 Å². The fourth-order valence-electron chi connectivity index (χ4n) is 3.70. The van der Waals surface area contributed by atoms with E-state index in [2.05, 4.69) is 10.6 Å². The van der Waals surface area contributed by atoms with Crippen molar-refractivity contribution < 1.29 is 27.6 Å². The average Bonchev–Trinajstić information content (AvgIpc) is 2.91. The standard InChI is InChI=1S/C20H24F3N3O3/c21-20(22,23)15-6-4-14(5-7-15)19(29)26-11-8-13(9-12-26)17(27)25-16-3-1-2-10-24-18(16)28/h4-7,13,16H,1-3,8-12H2,(H,24,28)(H,25,27). The number of hydrogen-bond donors (Lipinski definition) is 2. The molecule has 158 valence electrons. The molecule has 1 atom stereocenters. The van der Waals surface area contributed by atoms with Crippen molar-refractivity contribution in [2.24, 2.45) is 5.92 Å². The Hall–Kier alpha value is -2.58. The van der Waals surface area contributed by atoms with Crippen molar-refractivity contribution in [3.05, 3.63) is 35.4 Å². The first-order chi connectivity index (χ1) is 13.8. The van der Waals surface area contributed by atoms with Crippen LogP contribution in [0.3, 0.4) is 0 Å². The molecule has 1 aromatic rings. The second kappa shape index (κ2) is 8.84. The Balaban J connectivity index is 1.52. The third-order valence-corrected chi connectivity index (χ3v) is 5.46. The minimum absolute atomic E-state index is 0.161. The fraction of sp³-hybridized carbons (Fsp3) is 0.550. The molecule has 3 rings (SSSR count). The monoisotopic (exact) mass is 411 g/mol. The van der Waals surface area contributed by atoms with Gasteiger partial charge in [0.2, 0.25) is 11.8 Å². The summed E-state index contributed by atoms with van der Waals surface area (Å²) in [5.74, 6) is -0.983. The number of likely N-dealkylation sites (tertiary alicyclic amines) is 1. The van der Waals surface area contributed by atoms with E-state index in [0.29, 0.717) is 38.9 Å². The molecule has 0 bridgehead atoms. The van der Waals surface area contributed by atoms with Crippen LogP contribution in [0.25, 0.3) is 0 Å². The molecule has 0 aromatic heterocycles. The lowest BCUT2D eigenvalue weighted by Crippen LogP contribution is -2.49. The van der Waals surface area contributed by atoms with Gasteiger partial charge in [-0.1, -0.05) is 0 Å². The van der Waals surface area contributed by atoms with E-state index in [9.17, 15) is 27.6 Å². The molecule has 2 fully saturated rings. The Morgan fingerprint density at radius 1 is 1.03 bits per heavy atom. The lowest BCUT2D eigenvalue weighted by Gasteiger charge is -2.32. The van der Waals surface area contributed by atoms with Gasteiger partial charge in [0, 0.05) is 31.1 Å². The van der Waals surface area contributed by atoms with Gasteiger partial charge >= 0.3 is 6.18 Å². The van der Waals surface area contributed by atoms with Crippen LogP contribution in [0.15, 0.2) is 24.3 Å². The van der Waals surface area contributed by atoms with E-state index < -0.39 is 17.8 Å². The summed E-state index contributed by atoms with van der Waals surface area (Å²) >= 11 is 0. The molecule has 0 spiro atoms. The van der Waals surface area contributed by atoms with Crippen LogP contribution in [-0.2, 0) is 15.8 Å². The topological polar surface area (TPSA) is 78.5 Å². The highest BCUT2D eigenvalue weighted by molar-refractivity contribution is 5.94. The van der Waals surface area contributed by atoms with E-state index in [1.165, 1.54) is 12.1 Å². The van der Waals surface area contributed by atoms with Gasteiger partial charge < -0.3 is 15.5 Å². The fourth-order valence-corrected chi connectivity index (χ4v) is 3.70. The van der Waals surface area contributed by atoms with Gasteiger partial charge in [-0.05, 0) is 56.4 Å². The number of hydrogen-bond acceptors (Lipinski definition) is 3. The van der Waals surface area contributed by atoms with E-state index >= 15 is 0 Å². The number of amides is 3.